The first-order valence-electron chi connectivity index (χ1n) is 5.31. The number of anilines is 1. The van der Waals surface area contributed by atoms with Crippen LogP contribution in [0.2, 0.25) is 0 Å². The molecule has 3 N–H and O–H groups in total. The maximum Gasteiger partial charge on any atom is 0.159 e. The highest BCUT2D eigenvalue weighted by molar-refractivity contribution is 7.80. The van der Waals surface area contributed by atoms with Gasteiger partial charge in [-0.2, -0.15) is 5.10 Å². The van der Waals surface area contributed by atoms with Crippen LogP contribution in [0.4, 0.5) is 5.82 Å². The first-order valence-corrected chi connectivity index (χ1v) is 5.72. The highest BCUT2D eigenvalue weighted by atomic mass is 32.1. The minimum Gasteiger partial charge on any atom is -0.389 e. The number of nitrogens with zero attached hydrogens (tertiary/aromatic N) is 5. The summed E-state index contributed by atoms with van der Waals surface area (Å²) >= 11 is 4.97. The van der Waals surface area contributed by atoms with Gasteiger partial charge in [-0.1, -0.05) is 12.2 Å². The molecule has 0 bridgehead atoms. The van der Waals surface area contributed by atoms with E-state index in [9.17, 15) is 0 Å². The summed E-state index contributed by atoms with van der Waals surface area (Å²) in [5, 5.41) is 18.8. The summed E-state index contributed by atoms with van der Waals surface area (Å²) in [7, 11) is 1.87. The normalized spacial score (nSPS) is 12.1. The SMILES string of the molecule is CC(Nc1nnccc1C(N)=S)c1nncn1C. The maximum atomic E-state index is 5.63. The molecule has 0 spiro atoms. The average molecular weight is 263 g/mol. The molecule has 0 aliphatic rings. The van der Waals surface area contributed by atoms with Gasteiger partial charge in [-0.05, 0) is 13.0 Å². The fraction of sp³-hybridized carbons (Fsp3) is 0.300. The quantitative estimate of drug-likeness (QED) is 0.771. The third-order valence-corrected chi connectivity index (χ3v) is 2.69. The van der Waals surface area contributed by atoms with Crippen molar-refractivity contribution in [1.82, 2.24) is 25.0 Å². The lowest BCUT2D eigenvalue weighted by atomic mass is 10.2. The minimum atomic E-state index is -0.0812. The average Bonchev–Trinajstić information content (AvgIpc) is 2.76. The smallest absolute Gasteiger partial charge is 0.159 e. The van der Waals surface area contributed by atoms with Gasteiger partial charge in [-0.3, -0.25) is 0 Å². The van der Waals surface area contributed by atoms with E-state index in [1.54, 1.807) is 18.6 Å². The molecule has 0 aromatic carbocycles. The number of hydrogen-bond acceptors (Lipinski definition) is 6. The van der Waals surface area contributed by atoms with Crippen molar-refractivity contribution in [2.75, 3.05) is 5.32 Å². The summed E-state index contributed by atoms with van der Waals surface area (Å²) in [6, 6.07) is 1.64. The Morgan fingerprint density at radius 1 is 1.44 bits per heavy atom. The number of nitrogens with one attached hydrogen (secondary N) is 1. The monoisotopic (exact) mass is 263 g/mol. The van der Waals surface area contributed by atoms with Crippen LogP contribution in [0.1, 0.15) is 24.4 Å². The molecule has 1 atom stereocenters. The third kappa shape index (κ3) is 2.43. The van der Waals surface area contributed by atoms with Gasteiger partial charge in [-0.25, -0.2) is 0 Å². The zero-order valence-corrected chi connectivity index (χ0v) is 10.8. The van der Waals surface area contributed by atoms with Crippen LogP contribution in [0.25, 0.3) is 0 Å². The Balaban J connectivity index is 2.25. The molecule has 0 saturated heterocycles. The fourth-order valence-corrected chi connectivity index (χ4v) is 1.76. The van der Waals surface area contributed by atoms with E-state index in [2.05, 4.69) is 25.7 Å². The first-order chi connectivity index (χ1) is 8.59. The Labute approximate surface area is 109 Å². The Kier molecular flexibility index (Phi) is 3.47. The highest BCUT2D eigenvalue weighted by Crippen LogP contribution is 2.17. The number of aromatic nitrogens is 5. The van der Waals surface area contributed by atoms with Crippen LogP contribution in [-0.4, -0.2) is 30.0 Å². The molecule has 2 rings (SSSR count). The van der Waals surface area contributed by atoms with Gasteiger partial charge in [0.25, 0.3) is 0 Å². The van der Waals surface area contributed by atoms with Crippen molar-refractivity contribution in [3.8, 4) is 0 Å². The van der Waals surface area contributed by atoms with Gasteiger partial charge in [0.1, 0.15) is 11.3 Å². The topological polar surface area (TPSA) is 94.5 Å². The van der Waals surface area contributed by atoms with Crippen molar-refractivity contribution >= 4 is 23.0 Å². The van der Waals surface area contributed by atoms with E-state index < -0.39 is 0 Å². The number of rotatable bonds is 4. The van der Waals surface area contributed by atoms with Gasteiger partial charge in [0.15, 0.2) is 11.6 Å². The van der Waals surface area contributed by atoms with E-state index >= 15 is 0 Å². The predicted octanol–water partition coefficient (Wildman–Crippen LogP) is 0.412. The number of nitrogens with two attached hydrogens (primary N) is 1. The van der Waals surface area contributed by atoms with Gasteiger partial charge in [0.05, 0.1) is 17.8 Å². The largest absolute Gasteiger partial charge is 0.389 e. The van der Waals surface area contributed by atoms with Gasteiger partial charge < -0.3 is 15.6 Å². The van der Waals surface area contributed by atoms with E-state index in [4.69, 9.17) is 18.0 Å². The van der Waals surface area contributed by atoms with Gasteiger partial charge in [0.2, 0.25) is 0 Å². The van der Waals surface area contributed by atoms with Crippen LogP contribution in [0.5, 0.6) is 0 Å². The molecule has 94 valence electrons. The molecule has 0 aliphatic heterocycles. The lowest BCUT2D eigenvalue weighted by Crippen LogP contribution is -2.18. The highest BCUT2D eigenvalue weighted by Gasteiger charge is 2.14. The van der Waals surface area contributed by atoms with Crippen molar-refractivity contribution < 1.29 is 0 Å². The Hall–Kier alpha value is -2.09. The van der Waals surface area contributed by atoms with Crippen molar-refractivity contribution in [3.05, 3.63) is 30.0 Å². The summed E-state index contributed by atoms with van der Waals surface area (Å²) in [4.78, 5) is 0.276. The van der Waals surface area contributed by atoms with E-state index in [1.165, 1.54) is 0 Å². The van der Waals surface area contributed by atoms with Crippen molar-refractivity contribution in [1.29, 1.82) is 0 Å². The molecule has 18 heavy (non-hydrogen) atoms. The van der Waals surface area contributed by atoms with Crippen LogP contribution < -0.4 is 11.1 Å². The van der Waals surface area contributed by atoms with Crippen molar-refractivity contribution in [2.24, 2.45) is 12.8 Å². The summed E-state index contributed by atoms with van der Waals surface area (Å²) in [6.07, 6.45) is 3.19. The molecule has 2 aromatic rings. The first kappa shape index (κ1) is 12.4. The molecule has 2 aromatic heterocycles. The summed E-state index contributed by atoms with van der Waals surface area (Å²) in [6.45, 7) is 1.95. The number of hydrogen-bond donors (Lipinski definition) is 2. The molecule has 1 unspecified atom stereocenters. The summed E-state index contributed by atoms with van der Waals surface area (Å²) < 4.78 is 1.83. The van der Waals surface area contributed by atoms with Gasteiger partial charge in [-0.15, -0.1) is 15.3 Å². The predicted molar refractivity (Wildman–Crippen MR) is 71.0 cm³/mol. The van der Waals surface area contributed by atoms with E-state index in [-0.39, 0.29) is 11.0 Å². The van der Waals surface area contributed by atoms with Crippen LogP contribution in [0, 0.1) is 0 Å². The van der Waals surface area contributed by atoms with E-state index in [1.807, 2.05) is 18.5 Å². The third-order valence-electron chi connectivity index (χ3n) is 2.47. The molecule has 0 aliphatic carbocycles. The summed E-state index contributed by atoms with van der Waals surface area (Å²) in [5.41, 5.74) is 6.29. The molecular formula is C10H13N7S. The van der Waals surface area contributed by atoms with Crippen LogP contribution in [-0.2, 0) is 7.05 Å². The lowest BCUT2D eigenvalue weighted by molar-refractivity contribution is 0.714. The second-order valence-corrected chi connectivity index (χ2v) is 4.26. The Morgan fingerprint density at radius 3 is 2.83 bits per heavy atom. The van der Waals surface area contributed by atoms with Crippen molar-refractivity contribution in [2.45, 2.75) is 13.0 Å². The molecule has 0 saturated carbocycles. The van der Waals surface area contributed by atoms with E-state index in [0.29, 0.717) is 11.4 Å². The lowest BCUT2D eigenvalue weighted by Gasteiger charge is -2.15. The van der Waals surface area contributed by atoms with Crippen LogP contribution >= 0.6 is 12.2 Å². The fourth-order valence-electron chi connectivity index (χ4n) is 1.59. The molecule has 2 heterocycles. The van der Waals surface area contributed by atoms with Crippen LogP contribution in [0.15, 0.2) is 18.6 Å². The summed E-state index contributed by atoms with van der Waals surface area (Å²) in [5.74, 6) is 1.33. The Bertz CT molecular complexity index is 565. The second-order valence-electron chi connectivity index (χ2n) is 3.82. The van der Waals surface area contributed by atoms with Crippen molar-refractivity contribution in [3.63, 3.8) is 0 Å². The molecule has 0 radical (unpaired) electrons. The molecule has 7 nitrogen and oxygen atoms in total. The zero-order valence-electron chi connectivity index (χ0n) is 10.0. The minimum absolute atomic E-state index is 0.0812. The molecule has 0 fully saturated rings. The molecule has 8 heteroatoms. The number of thiocarbonyl (C=S) groups is 1. The van der Waals surface area contributed by atoms with Gasteiger partial charge >= 0.3 is 0 Å². The Morgan fingerprint density at radius 2 is 2.22 bits per heavy atom. The van der Waals surface area contributed by atoms with E-state index in [0.717, 1.165) is 5.82 Å². The standard InChI is InChI=1S/C10H13N7S/c1-6(10-16-13-5-17(10)2)14-9-7(8(11)18)3-4-12-15-9/h3-6H,1-2H3,(H2,11,18)(H,14,15). The molecule has 0 amide bonds. The maximum absolute atomic E-state index is 5.63. The number of aryl methyl sites for hydroxylation is 1. The molecular weight excluding hydrogens is 250 g/mol. The zero-order chi connectivity index (χ0) is 13.1. The second kappa shape index (κ2) is 5.05. The van der Waals surface area contributed by atoms with Crippen LogP contribution in [0.3, 0.4) is 0 Å². The van der Waals surface area contributed by atoms with Gasteiger partial charge in [0, 0.05) is 7.05 Å².